The summed E-state index contributed by atoms with van der Waals surface area (Å²) in [5, 5.41) is 14.8. The lowest BCUT2D eigenvalue weighted by Crippen LogP contribution is -2.25. The monoisotopic (exact) mass is 238 g/mol. The van der Waals surface area contributed by atoms with Crippen LogP contribution in [0.5, 0.6) is 0 Å². The van der Waals surface area contributed by atoms with Crippen molar-refractivity contribution >= 4 is 11.9 Å². The first-order valence-corrected chi connectivity index (χ1v) is 5.06. The largest absolute Gasteiger partial charge is 0.478 e. The van der Waals surface area contributed by atoms with Gasteiger partial charge in [0.15, 0.2) is 0 Å². The molecule has 1 heterocycles. The van der Waals surface area contributed by atoms with Crippen LogP contribution in [0.25, 0.3) is 0 Å². The highest BCUT2D eigenvalue weighted by molar-refractivity contribution is 5.94. The lowest BCUT2D eigenvalue weighted by atomic mass is 10.1. The van der Waals surface area contributed by atoms with Gasteiger partial charge in [-0.15, -0.1) is 0 Å². The van der Waals surface area contributed by atoms with Gasteiger partial charge in [0.25, 0.3) is 0 Å². The molecule has 0 radical (unpaired) electrons. The Kier molecular flexibility index (Phi) is 4.03. The van der Waals surface area contributed by atoms with Gasteiger partial charge < -0.3 is 14.9 Å². The molecule has 0 fully saturated rings. The van der Waals surface area contributed by atoms with Gasteiger partial charge in [0, 0.05) is 17.7 Å². The molecular formula is C11H14N2O4. The number of aromatic nitrogens is 1. The van der Waals surface area contributed by atoms with E-state index in [1.54, 1.807) is 20.8 Å². The van der Waals surface area contributed by atoms with E-state index < -0.39 is 11.9 Å². The van der Waals surface area contributed by atoms with Crippen molar-refractivity contribution < 1.29 is 19.2 Å². The fourth-order valence-electron chi connectivity index (χ4n) is 1.59. The van der Waals surface area contributed by atoms with Crippen molar-refractivity contribution in [1.82, 2.24) is 10.5 Å². The third-order valence-corrected chi connectivity index (χ3v) is 2.26. The number of hydrogen-bond acceptors (Lipinski definition) is 4. The first-order valence-electron chi connectivity index (χ1n) is 5.06. The van der Waals surface area contributed by atoms with E-state index in [1.165, 1.54) is 0 Å². The second-order valence-corrected chi connectivity index (χ2v) is 3.64. The standard InChI is InChI=1S/C11H14N2O4/c1-6(11-7(2)13-17-8(11)3)12-9(14)4-5-10(15)16/h4-6H,1-3H3,(H,12,14)(H,15,16). The Labute approximate surface area is 98.3 Å². The van der Waals surface area contributed by atoms with Crippen molar-refractivity contribution in [3.8, 4) is 0 Å². The second-order valence-electron chi connectivity index (χ2n) is 3.64. The number of nitrogens with one attached hydrogen (secondary N) is 1. The lowest BCUT2D eigenvalue weighted by Gasteiger charge is -2.11. The minimum Gasteiger partial charge on any atom is -0.478 e. The minimum absolute atomic E-state index is 0.285. The average molecular weight is 238 g/mol. The molecule has 6 nitrogen and oxygen atoms in total. The van der Waals surface area contributed by atoms with Crippen LogP contribution in [0, 0.1) is 13.8 Å². The predicted molar refractivity (Wildman–Crippen MR) is 59.3 cm³/mol. The molecule has 1 unspecified atom stereocenters. The Bertz CT molecular complexity index is 443. The van der Waals surface area contributed by atoms with E-state index in [0.717, 1.165) is 17.7 Å². The van der Waals surface area contributed by atoms with E-state index in [9.17, 15) is 9.59 Å². The van der Waals surface area contributed by atoms with Crippen LogP contribution in [-0.2, 0) is 9.59 Å². The van der Waals surface area contributed by atoms with Crippen LogP contribution in [0.15, 0.2) is 16.7 Å². The van der Waals surface area contributed by atoms with Crippen LogP contribution >= 0.6 is 0 Å². The smallest absolute Gasteiger partial charge is 0.328 e. The third kappa shape index (κ3) is 3.44. The summed E-state index contributed by atoms with van der Waals surface area (Å²) in [5.74, 6) is -0.998. The summed E-state index contributed by atoms with van der Waals surface area (Å²) in [7, 11) is 0. The van der Waals surface area contributed by atoms with Crippen LogP contribution in [0.3, 0.4) is 0 Å². The van der Waals surface area contributed by atoms with Gasteiger partial charge in [0.2, 0.25) is 5.91 Å². The Morgan fingerprint density at radius 2 is 2.06 bits per heavy atom. The molecule has 0 saturated heterocycles. The minimum atomic E-state index is -1.16. The Morgan fingerprint density at radius 1 is 1.41 bits per heavy atom. The molecule has 0 bridgehead atoms. The van der Waals surface area contributed by atoms with E-state index >= 15 is 0 Å². The molecule has 1 atom stereocenters. The Morgan fingerprint density at radius 3 is 2.53 bits per heavy atom. The van der Waals surface area contributed by atoms with Crippen LogP contribution < -0.4 is 5.32 Å². The molecule has 0 aliphatic heterocycles. The van der Waals surface area contributed by atoms with Gasteiger partial charge in [-0.05, 0) is 20.8 Å². The summed E-state index contributed by atoms with van der Waals surface area (Å²) in [5.41, 5.74) is 1.51. The number of aliphatic carboxylic acids is 1. The predicted octanol–water partition coefficient (Wildman–Crippen LogP) is 1.11. The van der Waals surface area contributed by atoms with E-state index in [1.807, 2.05) is 0 Å². The van der Waals surface area contributed by atoms with Crippen molar-refractivity contribution in [1.29, 1.82) is 0 Å². The summed E-state index contributed by atoms with van der Waals surface area (Å²) < 4.78 is 4.98. The SMILES string of the molecule is Cc1noc(C)c1C(C)NC(=O)C=CC(=O)O. The number of aryl methyl sites for hydroxylation is 2. The van der Waals surface area contributed by atoms with Crippen LogP contribution in [0.4, 0.5) is 0 Å². The number of carbonyl (C=O) groups is 2. The van der Waals surface area contributed by atoms with E-state index in [2.05, 4.69) is 10.5 Å². The normalized spacial score (nSPS) is 12.6. The average Bonchev–Trinajstić information content (AvgIpc) is 2.55. The molecular weight excluding hydrogens is 224 g/mol. The molecule has 2 N–H and O–H groups in total. The molecule has 1 aromatic rings. The molecule has 6 heteroatoms. The van der Waals surface area contributed by atoms with Crippen molar-refractivity contribution in [3.63, 3.8) is 0 Å². The van der Waals surface area contributed by atoms with Crippen molar-refractivity contribution in [2.75, 3.05) is 0 Å². The molecule has 0 spiro atoms. The number of rotatable bonds is 4. The fraction of sp³-hybridized carbons (Fsp3) is 0.364. The molecule has 0 aromatic carbocycles. The summed E-state index contributed by atoms with van der Waals surface area (Å²) >= 11 is 0. The maximum Gasteiger partial charge on any atom is 0.328 e. The Balaban J connectivity index is 2.70. The zero-order valence-corrected chi connectivity index (χ0v) is 9.85. The Hall–Kier alpha value is -2.11. The van der Waals surface area contributed by atoms with Gasteiger partial charge in [-0.3, -0.25) is 4.79 Å². The molecule has 1 amide bonds. The van der Waals surface area contributed by atoms with Crippen LogP contribution in [0.1, 0.15) is 30.0 Å². The summed E-state index contributed by atoms with van der Waals surface area (Å²) in [6, 6.07) is -0.285. The van der Waals surface area contributed by atoms with Crippen LogP contribution in [-0.4, -0.2) is 22.1 Å². The topological polar surface area (TPSA) is 92.4 Å². The van der Waals surface area contributed by atoms with Gasteiger partial charge in [-0.2, -0.15) is 0 Å². The zero-order valence-electron chi connectivity index (χ0n) is 9.85. The van der Waals surface area contributed by atoms with Gasteiger partial charge in [-0.1, -0.05) is 5.16 Å². The number of carboxylic acids is 1. The number of hydrogen-bond donors (Lipinski definition) is 2. The molecule has 1 rings (SSSR count). The van der Waals surface area contributed by atoms with Crippen LogP contribution in [0.2, 0.25) is 0 Å². The first-order chi connectivity index (χ1) is 7.91. The number of carboxylic acid groups (broad SMARTS) is 1. The first kappa shape index (κ1) is 13.0. The van der Waals surface area contributed by atoms with E-state index in [4.69, 9.17) is 9.63 Å². The summed E-state index contributed by atoms with van der Waals surface area (Å²) in [6.07, 6.45) is 1.76. The summed E-state index contributed by atoms with van der Waals surface area (Å²) in [6.45, 7) is 5.31. The van der Waals surface area contributed by atoms with Gasteiger partial charge >= 0.3 is 5.97 Å². The van der Waals surface area contributed by atoms with E-state index in [-0.39, 0.29) is 6.04 Å². The molecule has 1 aromatic heterocycles. The molecule has 92 valence electrons. The highest BCUT2D eigenvalue weighted by Crippen LogP contribution is 2.20. The van der Waals surface area contributed by atoms with Crippen molar-refractivity contribution in [2.24, 2.45) is 0 Å². The van der Waals surface area contributed by atoms with Crippen molar-refractivity contribution in [3.05, 3.63) is 29.2 Å². The number of amides is 1. The zero-order chi connectivity index (χ0) is 13.0. The maximum absolute atomic E-state index is 11.4. The van der Waals surface area contributed by atoms with Crippen molar-refractivity contribution in [2.45, 2.75) is 26.8 Å². The molecule has 0 saturated carbocycles. The summed E-state index contributed by atoms with van der Waals surface area (Å²) in [4.78, 5) is 21.6. The highest BCUT2D eigenvalue weighted by atomic mass is 16.5. The fourth-order valence-corrected chi connectivity index (χ4v) is 1.59. The molecule has 0 aliphatic rings. The highest BCUT2D eigenvalue weighted by Gasteiger charge is 2.17. The van der Waals surface area contributed by atoms with Gasteiger partial charge in [-0.25, -0.2) is 4.79 Å². The quantitative estimate of drug-likeness (QED) is 0.766. The lowest BCUT2D eigenvalue weighted by molar-refractivity contribution is -0.131. The number of carbonyl (C=O) groups excluding carboxylic acids is 1. The number of nitrogens with zero attached hydrogens (tertiary/aromatic N) is 1. The van der Waals surface area contributed by atoms with Gasteiger partial charge in [0.1, 0.15) is 5.76 Å². The van der Waals surface area contributed by atoms with Gasteiger partial charge in [0.05, 0.1) is 11.7 Å². The van der Waals surface area contributed by atoms with E-state index in [0.29, 0.717) is 11.5 Å². The second kappa shape index (κ2) is 5.29. The molecule has 17 heavy (non-hydrogen) atoms. The maximum atomic E-state index is 11.4. The third-order valence-electron chi connectivity index (χ3n) is 2.26. The molecule has 0 aliphatic carbocycles.